The Labute approximate surface area is 183 Å². The van der Waals surface area contributed by atoms with Crippen LogP contribution in [0.1, 0.15) is 81.1 Å². The van der Waals surface area contributed by atoms with Gasteiger partial charge in [0.25, 0.3) is 0 Å². The van der Waals surface area contributed by atoms with Gasteiger partial charge in [-0.2, -0.15) is 0 Å². The average Bonchev–Trinajstić information content (AvgIpc) is 2.72. The van der Waals surface area contributed by atoms with Gasteiger partial charge in [0.15, 0.2) is 0 Å². The molecule has 0 rings (SSSR count). The first-order valence-corrected chi connectivity index (χ1v) is 11.4. The van der Waals surface area contributed by atoms with E-state index in [-0.39, 0.29) is 36.3 Å². The minimum Gasteiger partial charge on any atom is -0.463 e. The zero-order chi connectivity index (χ0) is 23.5. The fraction of sp³-hybridized carbons (Fsp3) is 0.792. The van der Waals surface area contributed by atoms with Crippen molar-refractivity contribution in [2.24, 2.45) is 17.3 Å². The molecule has 6 nitrogen and oxygen atoms in total. The number of rotatable bonds is 13. The van der Waals surface area contributed by atoms with Gasteiger partial charge < -0.3 is 15.0 Å². The minimum atomic E-state index is -0.438. The smallest absolute Gasteiger partial charge is 0.333 e. The largest absolute Gasteiger partial charge is 0.463 e. The van der Waals surface area contributed by atoms with Gasteiger partial charge in [-0.25, -0.2) is 4.79 Å². The highest BCUT2D eigenvalue weighted by molar-refractivity contribution is 5.89. The lowest BCUT2D eigenvalue weighted by Gasteiger charge is -2.33. The summed E-state index contributed by atoms with van der Waals surface area (Å²) in [6.07, 6.45) is 5.12. The van der Waals surface area contributed by atoms with Crippen LogP contribution in [0.3, 0.4) is 0 Å². The molecule has 0 saturated carbocycles. The van der Waals surface area contributed by atoms with Gasteiger partial charge in [-0.05, 0) is 44.9 Å². The molecular weight excluding hydrogens is 380 g/mol. The maximum atomic E-state index is 13.0. The average molecular weight is 425 g/mol. The molecule has 0 bridgehead atoms. The molecule has 0 aromatic rings. The number of ether oxygens (including phenoxy) is 1. The Balaban J connectivity index is 5.26. The summed E-state index contributed by atoms with van der Waals surface area (Å²) in [6, 6.07) is -0.263. The molecule has 0 aliphatic heterocycles. The van der Waals surface area contributed by atoms with Gasteiger partial charge in [-0.3, -0.25) is 9.59 Å². The van der Waals surface area contributed by atoms with Crippen LogP contribution in [-0.4, -0.2) is 48.9 Å². The zero-order valence-corrected chi connectivity index (χ0v) is 20.6. The molecule has 1 unspecified atom stereocenters. The molecule has 6 heteroatoms. The fourth-order valence-corrected chi connectivity index (χ4v) is 3.72. The Morgan fingerprint density at radius 1 is 1.07 bits per heavy atom. The van der Waals surface area contributed by atoms with Crippen LogP contribution in [0.15, 0.2) is 11.6 Å². The monoisotopic (exact) mass is 424 g/mol. The van der Waals surface area contributed by atoms with E-state index in [2.05, 4.69) is 19.2 Å². The quantitative estimate of drug-likeness (QED) is 0.352. The molecule has 0 aliphatic carbocycles. The van der Waals surface area contributed by atoms with Gasteiger partial charge in [0.2, 0.25) is 11.8 Å². The van der Waals surface area contributed by atoms with Crippen molar-refractivity contribution in [3.05, 3.63) is 11.6 Å². The number of nitrogens with one attached hydrogen (secondary N) is 1. The van der Waals surface area contributed by atoms with Gasteiger partial charge in [-0.15, -0.1) is 0 Å². The van der Waals surface area contributed by atoms with Crippen LogP contribution >= 0.6 is 0 Å². The molecule has 0 spiro atoms. The number of carbonyl (C=O) groups is 3. The van der Waals surface area contributed by atoms with E-state index in [0.717, 1.165) is 25.7 Å². The summed E-state index contributed by atoms with van der Waals surface area (Å²) < 4.78 is 5.04. The highest BCUT2D eigenvalue weighted by atomic mass is 16.5. The fourth-order valence-electron chi connectivity index (χ4n) is 3.72. The van der Waals surface area contributed by atoms with Gasteiger partial charge in [-0.1, -0.05) is 54.0 Å². The van der Waals surface area contributed by atoms with Gasteiger partial charge in [0, 0.05) is 18.0 Å². The van der Waals surface area contributed by atoms with Crippen molar-refractivity contribution in [3.8, 4) is 0 Å². The molecule has 0 radical (unpaired) electrons. The minimum absolute atomic E-state index is 0.0473. The number of hydrogen-bond donors (Lipinski definition) is 1. The highest BCUT2D eigenvalue weighted by Gasteiger charge is 2.36. The van der Waals surface area contributed by atoms with Crippen molar-refractivity contribution in [1.29, 1.82) is 0 Å². The lowest BCUT2D eigenvalue weighted by atomic mass is 9.74. The Hall–Kier alpha value is -1.85. The van der Waals surface area contributed by atoms with Crippen molar-refractivity contribution >= 4 is 17.8 Å². The van der Waals surface area contributed by atoms with Crippen molar-refractivity contribution in [2.45, 2.75) is 87.1 Å². The normalized spacial score (nSPS) is 14.3. The van der Waals surface area contributed by atoms with Gasteiger partial charge in [0.05, 0.1) is 19.2 Å². The molecule has 0 fully saturated rings. The number of esters is 1. The lowest BCUT2D eigenvalue weighted by molar-refractivity contribution is -0.138. The predicted molar refractivity (Wildman–Crippen MR) is 122 cm³/mol. The van der Waals surface area contributed by atoms with E-state index in [9.17, 15) is 14.4 Å². The third-order valence-electron chi connectivity index (χ3n) is 6.21. The molecule has 0 saturated heterocycles. The van der Waals surface area contributed by atoms with Crippen molar-refractivity contribution < 1.29 is 19.1 Å². The second-order valence-electron chi connectivity index (χ2n) is 8.70. The maximum absolute atomic E-state index is 13.0. The Morgan fingerprint density at radius 2 is 1.63 bits per heavy atom. The number of likely N-dealkylation sites (N-methyl/N-ethyl adjacent to an activating group) is 1. The molecule has 2 amide bonds. The summed E-state index contributed by atoms with van der Waals surface area (Å²) in [7, 11) is 1.71. The molecule has 0 aromatic heterocycles. The van der Waals surface area contributed by atoms with E-state index < -0.39 is 5.41 Å². The molecule has 0 aromatic carbocycles. The topological polar surface area (TPSA) is 75.7 Å². The second-order valence-corrected chi connectivity index (χ2v) is 8.70. The third-order valence-corrected chi connectivity index (χ3v) is 6.21. The van der Waals surface area contributed by atoms with Crippen LogP contribution in [0.25, 0.3) is 0 Å². The van der Waals surface area contributed by atoms with E-state index in [4.69, 9.17) is 4.74 Å². The summed E-state index contributed by atoms with van der Waals surface area (Å²) >= 11 is 0. The van der Waals surface area contributed by atoms with Crippen LogP contribution < -0.4 is 5.32 Å². The first-order valence-electron chi connectivity index (χ1n) is 11.4. The van der Waals surface area contributed by atoms with Crippen LogP contribution in [0.2, 0.25) is 0 Å². The molecule has 30 heavy (non-hydrogen) atoms. The molecule has 174 valence electrons. The predicted octanol–water partition coefficient (Wildman–Crippen LogP) is 4.34. The Bertz CT molecular complexity index is 594. The maximum Gasteiger partial charge on any atom is 0.333 e. The van der Waals surface area contributed by atoms with Crippen molar-refractivity contribution in [2.75, 3.05) is 20.2 Å². The second kappa shape index (κ2) is 13.5. The van der Waals surface area contributed by atoms with Crippen molar-refractivity contribution in [3.63, 3.8) is 0 Å². The van der Waals surface area contributed by atoms with Gasteiger partial charge >= 0.3 is 5.97 Å². The van der Waals surface area contributed by atoms with E-state index in [1.807, 2.05) is 27.7 Å². The third kappa shape index (κ3) is 8.11. The first kappa shape index (κ1) is 28.1. The molecular formula is C24H44N2O4. The van der Waals surface area contributed by atoms with E-state index >= 15 is 0 Å². The summed E-state index contributed by atoms with van der Waals surface area (Å²) in [4.78, 5) is 39.4. The Kier molecular flexibility index (Phi) is 12.6. The van der Waals surface area contributed by atoms with Gasteiger partial charge in [0.1, 0.15) is 0 Å². The van der Waals surface area contributed by atoms with E-state index in [1.165, 1.54) is 0 Å². The van der Waals surface area contributed by atoms with Crippen LogP contribution in [-0.2, 0) is 19.1 Å². The molecule has 2 atom stereocenters. The van der Waals surface area contributed by atoms with Crippen LogP contribution in [0, 0.1) is 17.3 Å². The molecule has 0 heterocycles. The summed E-state index contributed by atoms with van der Waals surface area (Å²) in [5, 5.41) is 2.88. The lowest BCUT2D eigenvalue weighted by Crippen LogP contribution is -2.48. The zero-order valence-electron chi connectivity index (χ0n) is 20.6. The van der Waals surface area contributed by atoms with Crippen molar-refractivity contribution in [1.82, 2.24) is 10.2 Å². The summed E-state index contributed by atoms with van der Waals surface area (Å²) in [5.74, 6) is -0.0448. The van der Waals surface area contributed by atoms with E-state index in [1.54, 1.807) is 31.9 Å². The van der Waals surface area contributed by atoms with E-state index in [0.29, 0.717) is 18.1 Å². The highest BCUT2D eigenvalue weighted by Crippen LogP contribution is 2.35. The summed E-state index contributed by atoms with van der Waals surface area (Å²) in [6.45, 7) is 16.1. The first-order chi connectivity index (χ1) is 14.0. The summed E-state index contributed by atoms with van der Waals surface area (Å²) in [5.41, 5.74) is 0.0374. The van der Waals surface area contributed by atoms with Crippen LogP contribution in [0.4, 0.5) is 0 Å². The SMILES string of the molecule is CCOC(=O)/C(C)=C/[C@H](C(C)C)N(C)C(=O)CNC(=O)C(CC)(CC)CC(C)CC. The standard InChI is InChI=1S/C24H44N2O4/c1-10-18(7)15-24(11-2,12-3)23(29)25-16-21(27)26(9)20(17(5)6)14-19(8)22(28)30-13-4/h14,17-18,20H,10-13,15-16H2,1-9H3,(H,25,29)/b19-14+/t18?,20-/m1/s1. The number of hydrogen-bond acceptors (Lipinski definition) is 4. The Morgan fingerprint density at radius 3 is 2.07 bits per heavy atom. The van der Waals surface area contributed by atoms with Crippen LogP contribution in [0.5, 0.6) is 0 Å². The number of carbonyl (C=O) groups excluding carboxylic acids is 3. The number of amides is 2. The molecule has 0 aliphatic rings. The number of nitrogens with zero attached hydrogens (tertiary/aromatic N) is 1. The molecule has 1 N–H and O–H groups in total.